The number of hydrogen-bond donors (Lipinski definition) is 2. The molecule has 2 heterocycles. The summed E-state index contributed by atoms with van der Waals surface area (Å²) in [5.41, 5.74) is 1.36. The van der Waals surface area contributed by atoms with Crippen LogP contribution in [0.4, 0.5) is 5.00 Å². The molecule has 0 aliphatic carbocycles. The van der Waals surface area contributed by atoms with Crippen molar-refractivity contribution in [2.24, 2.45) is 5.92 Å². The predicted molar refractivity (Wildman–Crippen MR) is 87.9 cm³/mol. The molecule has 0 radical (unpaired) electrons. The highest BCUT2D eigenvalue weighted by molar-refractivity contribution is 7.88. The van der Waals surface area contributed by atoms with Crippen molar-refractivity contribution in [1.29, 1.82) is 0 Å². The van der Waals surface area contributed by atoms with Crippen molar-refractivity contribution in [2.45, 2.75) is 19.8 Å². The van der Waals surface area contributed by atoms with Crippen LogP contribution >= 0.6 is 11.5 Å². The first kappa shape index (κ1) is 17.2. The van der Waals surface area contributed by atoms with E-state index in [4.69, 9.17) is 0 Å². The Morgan fingerprint density at radius 1 is 1.50 bits per heavy atom. The Morgan fingerprint density at radius 3 is 2.86 bits per heavy atom. The van der Waals surface area contributed by atoms with Gasteiger partial charge < -0.3 is 10.2 Å². The van der Waals surface area contributed by atoms with Crippen LogP contribution < -0.4 is 10.0 Å². The van der Waals surface area contributed by atoms with E-state index in [1.807, 2.05) is 6.92 Å². The topological polar surface area (TPSA) is 91.4 Å². The number of aromatic nitrogens is 1. The molecule has 1 unspecified atom stereocenters. The Morgan fingerprint density at radius 2 is 2.23 bits per heavy atom. The molecule has 1 aliphatic rings. The molecule has 1 saturated heterocycles. The van der Waals surface area contributed by atoms with Crippen molar-refractivity contribution in [3.63, 3.8) is 0 Å². The Labute approximate surface area is 135 Å². The first-order valence-corrected chi connectivity index (χ1v) is 9.86. The van der Waals surface area contributed by atoms with Gasteiger partial charge >= 0.3 is 0 Å². The number of sulfonamides is 1. The summed E-state index contributed by atoms with van der Waals surface area (Å²) >= 11 is 1.28. The lowest BCUT2D eigenvalue weighted by atomic mass is 9.97. The Balaban J connectivity index is 2.05. The van der Waals surface area contributed by atoms with Crippen molar-refractivity contribution in [1.82, 2.24) is 14.0 Å². The molecule has 1 aromatic heterocycles. The lowest BCUT2D eigenvalue weighted by Crippen LogP contribution is -2.43. The summed E-state index contributed by atoms with van der Waals surface area (Å²) in [5, 5.41) is 3.79. The van der Waals surface area contributed by atoms with E-state index in [1.165, 1.54) is 11.5 Å². The van der Waals surface area contributed by atoms with Crippen LogP contribution in [0.3, 0.4) is 0 Å². The number of hydrogen-bond acceptors (Lipinski definition) is 6. The fourth-order valence-corrected chi connectivity index (χ4v) is 3.91. The highest BCUT2D eigenvalue weighted by atomic mass is 32.2. The quantitative estimate of drug-likeness (QED) is 0.826. The van der Waals surface area contributed by atoms with Gasteiger partial charge in [0.1, 0.15) is 5.00 Å². The van der Waals surface area contributed by atoms with Gasteiger partial charge in [-0.3, -0.25) is 4.79 Å². The van der Waals surface area contributed by atoms with Gasteiger partial charge in [-0.25, -0.2) is 13.1 Å². The van der Waals surface area contributed by atoms with Crippen molar-refractivity contribution >= 4 is 32.5 Å². The van der Waals surface area contributed by atoms with Crippen LogP contribution in [0.1, 0.15) is 28.9 Å². The van der Waals surface area contributed by atoms with Gasteiger partial charge in [-0.2, -0.15) is 4.37 Å². The lowest BCUT2D eigenvalue weighted by molar-refractivity contribution is 0.0677. The summed E-state index contributed by atoms with van der Waals surface area (Å²) in [6, 6.07) is 0. The van der Waals surface area contributed by atoms with Crippen LogP contribution in [-0.4, -0.2) is 56.5 Å². The third-order valence-electron chi connectivity index (χ3n) is 3.74. The third kappa shape index (κ3) is 4.17. The molecule has 2 rings (SSSR count). The lowest BCUT2D eigenvalue weighted by Gasteiger charge is -2.33. The van der Waals surface area contributed by atoms with E-state index in [-0.39, 0.29) is 11.8 Å². The molecule has 7 nitrogen and oxygen atoms in total. The number of amides is 1. The maximum Gasteiger partial charge on any atom is 0.258 e. The summed E-state index contributed by atoms with van der Waals surface area (Å²) in [6.07, 6.45) is 2.96. The van der Waals surface area contributed by atoms with Crippen molar-refractivity contribution in [3.05, 3.63) is 11.3 Å². The van der Waals surface area contributed by atoms with E-state index in [0.29, 0.717) is 25.2 Å². The predicted octanol–water partition coefficient (Wildman–Crippen LogP) is 0.895. The van der Waals surface area contributed by atoms with Crippen LogP contribution in [0.2, 0.25) is 0 Å². The van der Waals surface area contributed by atoms with E-state index in [9.17, 15) is 13.2 Å². The van der Waals surface area contributed by atoms with E-state index in [1.54, 1.807) is 11.9 Å². The summed E-state index contributed by atoms with van der Waals surface area (Å²) in [7, 11) is -1.42. The molecule has 1 atom stereocenters. The number of carbonyl (C=O) groups excluding carboxylic acids is 1. The highest BCUT2D eigenvalue weighted by Crippen LogP contribution is 2.27. The zero-order valence-corrected chi connectivity index (χ0v) is 14.7. The van der Waals surface area contributed by atoms with Crippen molar-refractivity contribution < 1.29 is 13.2 Å². The van der Waals surface area contributed by atoms with E-state index < -0.39 is 10.0 Å². The van der Waals surface area contributed by atoms with Gasteiger partial charge in [-0.1, -0.05) is 0 Å². The summed E-state index contributed by atoms with van der Waals surface area (Å²) in [6.45, 7) is 3.48. The summed E-state index contributed by atoms with van der Waals surface area (Å²) < 4.78 is 29.2. The molecule has 0 bridgehead atoms. The molecule has 124 valence electrons. The number of piperidine rings is 1. The average Bonchev–Trinajstić information content (AvgIpc) is 2.85. The van der Waals surface area contributed by atoms with Gasteiger partial charge in [0.2, 0.25) is 10.0 Å². The van der Waals surface area contributed by atoms with Crippen LogP contribution in [0, 0.1) is 12.8 Å². The largest absolute Gasteiger partial charge is 0.378 e. The number of likely N-dealkylation sites (tertiary alicyclic amines) is 1. The zero-order valence-electron chi connectivity index (χ0n) is 13.0. The number of nitrogens with one attached hydrogen (secondary N) is 2. The Kier molecular flexibility index (Phi) is 5.41. The molecule has 1 aromatic rings. The normalized spacial score (nSPS) is 19.2. The molecule has 22 heavy (non-hydrogen) atoms. The van der Waals surface area contributed by atoms with E-state index in [2.05, 4.69) is 14.4 Å². The Bertz CT molecular complexity index is 642. The highest BCUT2D eigenvalue weighted by Gasteiger charge is 2.28. The van der Waals surface area contributed by atoms with Gasteiger partial charge in [0.25, 0.3) is 5.91 Å². The zero-order chi connectivity index (χ0) is 16.3. The molecule has 1 amide bonds. The molecule has 1 fully saturated rings. The minimum absolute atomic E-state index is 0.0281. The first-order chi connectivity index (χ1) is 10.3. The second-order valence-corrected chi connectivity index (χ2v) is 8.21. The average molecular weight is 346 g/mol. The third-order valence-corrected chi connectivity index (χ3v) is 5.39. The fraction of sp³-hybridized carbons (Fsp3) is 0.692. The van der Waals surface area contributed by atoms with Gasteiger partial charge in [0.05, 0.1) is 17.5 Å². The van der Waals surface area contributed by atoms with Gasteiger partial charge in [0.15, 0.2) is 0 Å². The minimum atomic E-state index is -3.19. The second kappa shape index (κ2) is 6.93. The maximum absolute atomic E-state index is 12.7. The summed E-state index contributed by atoms with van der Waals surface area (Å²) in [5.74, 6) is 0.122. The SMILES string of the molecule is CNc1snc(C)c1C(=O)N1CCCC(CNS(C)(=O)=O)C1. The van der Waals surface area contributed by atoms with E-state index >= 15 is 0 Å². The number of aryl methyl sites for hydroxylation is 1. The fourth-order valence-electron chi connectivity index (χ4n) is 2.64. The molecule has 0 spiro atoms. The molecule has 2 N–H and O–H groups in total. The first-order valence-electron chi connectivity index (χ1n) is 7.19. The number of anilines is 1. The smallest absolute Gasteiger partial charge is 0.258 e. The molecule has 0 aromatic carbocycles. The second-order valence-electron chi connectivity index (χ2n) is 5.60. The maximum atomic E-state index is 12.7. The van der Waals surface area contributed by atoms with Crippen LogP contribution in [0.5, 0.6) is 0 Å². The number of carbonyl (C=O) groups is 1. The van der Waals surface area contributed by atoms with Gasteiger partial charge in [0, 0.05) is 26.7 Å². The van der Waals surface area contributed by atoms with Crippen LogP contribution in [0.15, 0.2) is 0 Å². The van der Waals surface area contributed by atoms with E-state index in [0.717, 1.165) is 29.8 Å². The van der Waals surface area contributed by atoms with Gasteiger partial charge in [-0.05, 0) is 37.2 Å². The molecular weight excluding hydrogens is 324 g/mol. The molecule has 9 heteroatoms. The van der Waals surface area contributed by atoms with Crippen LogP contribution in [0.25, 0.3) is 0 Å². The minimum Gasteiger partial charge on any atom is -0.378 e. The molecule has 0 saturated carbocycles. The van der Waals surface area contributed by atoms with Gasteiger partial charge in [-0.15, -0.1) is 0 Å². The van der Waals surface area contributed by atoms with Crippen molar-refractivity contribution in [3.8, 4) is 0 Å². The summed E-state index contributed by atoms with van der Waals surface area (Å²) in [4.78, 5) is 14.5. The molecule has 1 aliphatic heterocycles. The standard InChI is InChI=1S/C13H22N4O3S2/c1-9-11(12(14-2)21-16-9)13(18)17-6-4-5-10(8-17)7-15-22(3,19)20/h10,14-15H,4-8H2,1-3H3. The number of nitrogens with zero attached hydrogens (tertiary/aromatic N) is 2. The monoisotopic (exact) mass is 346 g/mol. The van der Waals surface area contributed by atoms with Crippen molar-refractivity contribution in [2.75, 3.05) is 38.3 Å². The van der Waals surface area contributed by atoms with Crippen LogP contribution in [-0.2, 0) is 10.0 Å². The number of rotatable bonds is 5. The molecular formula is C13H22N4O3S2. The Hall–Kier alpha value is -1.19.